The number of carbonyl (C=O) groups is 2. The number of carbonyl (C=O) groups excluding carboxylic acids is 2. The lowest BCUT2D eigenvalue weighted by Gasteiger charge is -2.28. The number of benzene rings is 3. The molecule has 0 bridgehead atoms. The summed E-state index contributed by atoms with van der Waals surface area (Å²) in [5.41, 5.74) is 1.39. The van der Waals surface area contributed by atoms with Crippen molar-refractivity contribution in [3.8, 4) is 0 Å². The Morgan fingerprint density at radius 2 is 1.61 bits per heavy atom. The fraction of sp³-hybridized carbons (Fsp3) is 0. The van der Waals surface area contributed by atoms with E-state index in [1.807, 2.05) is 18.2 Å². The number of nitrogens with zero attached hydrogens (tertiary/aromatic N) is 1. The number of rotatable bonds is 1. The van der Waals surface area contributed by atoms with E-state index < -0.39 is 0 Å². The van der Waals surface area contributed by atoms with Gasteiger partial charge in [-0.3, -0.25) is 9.59 Å². The number of para-hydroxylation sites is 1. The summed E-state index contributed by atoms with van der Waals surface area (Å²) in [6, 6.07) is 15.9. The van der Waals surface area contributed by atoms with E-state index in [1.54, 1.807) is 36.4 Å². The van der Waals surface area contributed by atoms with Gasteiger partial charge in [0, 0.05) is 15.4 Å². The Morgan fingerprint density at radius 1 is 0.870 bits per heavy atom. The lowest BCUT2D eigenvalue weighted by molar-refractivity contribution is 0.0893. The van der Waals surface area contributed by atoms with Crippen LogP contribution in [0.3, 0.4) is 0 Å². The molecule has 1 aliphatic rings. The van der Waals surface area contributed by atoms with E-state index >= 15 is 0 Å². The van der Waals surface area contributed by atoms with Gasteiger partial charge in [-0.15, -0.1) is 0 Å². The minimum atomic E-state index is -0.367. The molecule has 23 heavy (non-hydrogen) atoms. The van der Waals surface area contributed by atoms with Gasteiger partial charge in [-0.2, -0.15) is 0 Å². The van der Waals surface area contributed by atoms with Crippen LogP contribution in [0, 0.1) is 0 Å². The van der Waals surface area contributed by atoms with Crippen molar-refractivity contribution in [2.75, 3.05) is 4.90 Å². The second-order valence-electron chi connectivity index (χ2n) is 5.25. The van der Waals surface area contributed by atoms with E-state index in [1.165, 1.54) is 0 Å². The van der Waals surface area contributed by atoms with Crippen LogP contribution in [0.1, 0.15) is 20.7 Å². The number of halogens is 2. The molecule has 5 heteroatoms. The maximum Gasteiger partial charge on any atom is 0.266 e. The zero-order chi connectivity index (χ0) is 16.1. The first-order valence-corrected chi connectivity index (χ1v) is 8.10. The van der Waals surface area contributed by atoms with Gasteiger partial charge >= 0.3 is 0 Å². The third kappa shape index (κ3) is 2.10. The quantitative estimate of drug-likeness (QED) is 0.548. The van der Waals surface area contributed by atoms with Crippen molar-refractivity contribution in [1.82, 2.24) is 0 Å². The summed E-state index contributed by atoms with van der Waals surface area (Å²) in [6.45, 7) is 0. The molecule has 0 atom stereocenters. The molecule has 112 valence electrons. The predicted molar refractivity (Wildman–Crippen MR) is 94.2 cm³/mol. The van der Waals surface area contributed by atoms with Crippen LogP contribution in [0.2, 0.25) is 5.02 Å². The van der Waals surface area contributed by atoms with Crippen molar-refractivity contribution in [3.05, 3.63) is 75.2 Å². The average molecular weight is 387 g/mol. The summed E-state index contributed by atoms with van der Waals surface area (Å²) < 4.78 is 0.791. The molecule has 3 nitrogen and oxygen atoms in total. The zero-order valence-electron chi connectivity index (χ0n) is 11.7. The normalized spacial score (nSPS) is 13.7. The molecule has 0 radical (unpaired) electrons. The molecule has 0 saturated carbocycles. The van der Waals surface area contributed by atoms with Crippen LogP contribution in [-0.2, 0) is 0 Å². The molecule has 4 rings (SSSR count). The Bertz CT molecular complexity index is 999. The molecule has 3 aromatic rings. The Balaban J connectivity index is 2.04. The van der Waals surface area contributed by atoms with E-state index in [-0.39, 0.29) is 11.8 Å². The second-order valence-corrected chi connectivity index (χ2v) is 6.58. The van der Waals surface area contributed by atoms with Crippen molar-refractivity contribution in [1.29, 1.82) is 0 Å². The summed E-state index contributed by atoms with van der Waals surface area (Å²) in [6.07, 6.45) is 0. The highest BCUT2D eigenvalue weighted by molar-refractivity contribution is 9.10. The summed E-state index contributed by atoms with van der Waals surface area (Å²) in [7, 11) is 0. The van der Waals surface area contributed by atoms with Gasteiger partial charge in [-0.05, 0) is 35.7 Å². The van der Waals surface area contributed by atoms with Crippen LogP contribution in [0.15, 0.2) is 59.1 Å². The van der Waals surface area contributed by atoms with Gasteiger partial charge in [-0.25, -0.2) is 4.90 Å². The van der Waals surface area contributed by atoms with Crippen LogP contribution in [-0.4, -0.2) is 11.8 Å². The third-order valence-electron chi connectivity index (χ3n) is 3.90. The second kappa shape index (κ2) is 5.18. The van der Waals surface area contributed by atoms with Crippen LogP contribution < -0.4 is 4.90 Å². The standard InChI is InChI=1S/C18H9BrClNO2/c19-11-8-10-4-3-5-12-16(10)13(9-11)18(23)21(17(12)22)15-7-2-1-6-14(15)20/h1-9H. The highest BCUT2D eigenvalue weighted by Gasteiger charge is 2.35. The van der Waals surface area contributed by atoms with Crippen molar-refractivity contribution in [3.63, 3.8) is 0 Å². The van der Waals surface area contributed by atoms with E-state index in [0.29, 0.717) is 27.2 Å². The first kappa shape index (κ1) is 14.4. The van der Waals surface area contributed by atoms with E-state index in [0.717, 1.165) is 14.8 Å². The zero-order valence-corrected chi connectivity index (χ0v) is 14.1. The number of hydrogen-bond acceptors (Lipinski definition) is 2. The van der Waals surface area contributed by atoms with Gasteiger partial charge in [-0.1, -0.05) is 51.8 Å². The number of amides is 2. The molecule has 0 saturated heterocycles. The molecule has 1 heterocycles. The highest BCUT2D eigenvalue weighted by atomic mass is 79.9. The van der Waals surface area contributed by atoms with Crippen LogP contribution >= 0.6 is 27.5 Å². The molecule has 0 aromatic heterocycles. The fourth-order valence-electron chi connectivity index (χ4n) is 2.92. The van der Waals surface area contributed by atoms with Crippen LogP contribution in [0.5, 0.6) is 0 Å². The van der Waals surface area contributed by atoms with Gasteiger partial charge in [0.2, 0.25) is 0 Å². The van der Waals surface area contributed by atoms with E-state index in [9.17, 15) is 9.59 Å². The third-order valence-corrected chi connectivity index (χ3v) is 4.68. The monoisotopic (exact) mass is 385 g/mol. The minimum absolute atomic E-state index is 0.358. The molecule has 0 spiro atoms. The Hall–Kier alpha value is -2.17. The van der Waals surface area contributed by atoms with E-state index in [4.69, 9.17) is 11.6 Å². The number of hydrogen-bond donors (Lipinski definition) is 0. The molecule has 0 N–H and O–H groups in total. The van der Waals surface area contributed by atoms with Gasteiger partial charge in [0.1, 0.15) is 0 Å². The first-order valence-electron chi connectivity index (χ1n) is 6.93. The molecular weight excluding hydrogens is 378 g/mol. The average Bonchev–Trinajstić information content (AvgIpc) is 2.54. The van der Waals surface area contributed by atoms with Crippen LogP contribution in [0.25, 0.3) is 10.8 Å². The van der Waals surface area contributed by atoms with E-state index in [2.05, 4.69) is 15.9 Å². The largest absolute Gasteiger partial charge is 0.268 e. The fourth-order valence-corrected chi connectivity index (χ4v) is 3.62. The Morgan fingerprint density at radius 3 is 2.39 bits per heavy atom. The molecule has 1 aliphatic heterocycles. The smallest absolute Gasteiger partial charge is 0.266 e. The molecule has 0 unspecified atom stereocenters. The Kier molecular flexibility index (Phi) is 3.25. The summed E-state index contributed by atoms with van der Waals surface area (Å²) >= 11 is 9.62. The Labute approximate surface area is 145 Å². The molecule has 3 aromatic carbocycles. The van der Waals surface area contributed by atoms with Gasteiger partial charge in [0.05, 0.1) is 16.3 Å². The van der Waals surface area contributed by atoms with Crippen molar-refractivity contribution >= 4 is 55.8 Å². The lowest BCUT2D eigenvalue weighted by atomic mass is 9.94. The summed E-state index contributed by atoms with van der Waals surface area (Å²) in [4.78, 5) is 27.0. The maximum atomic E-state index is 12.9. The SMILES string of the molecule is O=C1c2cccc3cc(Br)cc(c23)C(=O)N1c1ccccc1Cl. The molecular formula is C18H9BrClNO2. The van der Waals surface area contributed by atoms with Gasteiger partial charge in [0.25, 0.3) is 11.8 Å². The predicted octanol–water partition coefficient (Wildman–Crippen LogP) is 5.06. The van der Waals surface area contributed by atoms with Gasteiger partial charge < -0.3 is 0 Å². The van der Waals surface area contributed by atoms with Crippen LogP contribution in [0.4, 0.5) is 5.69 Å². The maximum absolute atomic E-state index is 12.9. The molecule has 2 amide bonds. The summed E-state index contributed by atoms with van der Waals surface area (Å²) in [5, 5.41) is 1.90. The van der Waals surface area contributed by atoms with Crippen molar-refractivity contribution < 1.29 is 9.59 Å². The topological polar surface area (TPSA) is 37.4 Å². The first-order chi connectivity index (χ1) is 11.1. The van der Waals surface area contributed by atoms with Crippen molar-refractivity contribution in [2.45, 2.75) is 0 Å². The number of anilines is 1. The molecule has 0 aliphatic carbocycles. The van der Waals surface area contributed by atoms with Gasteiger partial charge in [0.15, 0.2) is 0 Å². The summed E-state index contributed by atoms with van der Waals surface area (Å²) in [5.74, 6) is -0.725. The molecule has 0 fully saturated rings. The lowest BCUT2D eigenvalue weighted by Crippen LogP contribution is -2.40. The highest BCUT2D eigenvalue weighted by Crippen LogP contribution is 2.36. The number of imide groups is 1. The van der Waals surface area contributed by atoms with Crippen molar-refractivity contribution in [2.24, 2.45) is 0 Å². The minimum Gasteiger partial charge on any atom is -0.268 e.